The molecule has 0 aliphatic carbocycles. The summed E-state index contributed by atoms with van der Waals surface area (Å²) >= 11 is 0. The molecule has 0 aliphatic rings. The van der Waals surface area contributed by atoms with Crippen LogP contribution in [0.15, 0.2) is 82.6 Å². The van der Waals surface area contributed by atoms with Crippen molar-refractivity contribution in [3.8, 4) is 0 Å². The van der Waals surface area contributed by atoms with E-state index in [2.05, 4.69) is 4.72 Å². The molecule has 3 aromatic carbocycles. The van der Waals surface area contributed by atoms with Gasteiger partial charge in [0.25, 0.3) is 15.6 Å². The van der Waals surface area contributed by atoms with Crippen LogP contribution in [0.25, 0.3) is 21.5 Å². The van der Waals surface area contributed by atoms with Crippen LogP contribution in [0.2, 0.25) is 0 Å². The number of hydrogen-bond acceptors (Lipinski definition) is 3. The van der Waals surface area contributed by atoms with Crippen molar-refractivity contribution >= 4 is 37.3 Å². The van der Waals surface area contributed by atoms with Crippen LogP contribution in [0.3, 0.4) is 0 Å². The Morgan fingerprint density at radius 3 is 2.42 bits per heavy atom. The lowest BCUT2D eigenvalue weighted by molar-refractivity contribution is 0.602. The predicted molar refractivity (Wildman–Crippen MR) is 104 cm³/mol. The van der Waals surface area contributed by atoms with Crippen molar-refractivity contribution in [2.75, 3.05) is 4.72 Å². The fourth-order valence-electron chi connectivity index (χ4n) is 3.04. The van der Waals surface area contributed by atoms with E-state index in [4.69, 9.17) is 0 Å². The first kappa shape index (κ1) is 16.4. The first-order valence-corrected chi connectivity index (χ1v) is 9.54. The Morgan fingerprint density at radius 2 is 1.58 bits per heavy atom. The third-order valence-corrected chi connectivity index (χ3v) is 5.81. The van der Waals surface area contributed by atoms with E-state index in [1.165, 1.54) is 4.57 Å². The summed E-state index contributed by atoms with van der Waals surface area (Å²) in [6.45, 7) is 0. The molecule has 0 fully saturated rings. The summed E-state index contributed by atoms with van der Waals surface area (Å²) in [6.07, 6.45) is 1.69. The summed E-state index contributed by atoms with van der Waals surface area (Å²) in [4.78, 5) is 12.5. The molecule has 0 unspecified atom stereocenters. The number of hydrogen-bond donors (Lipinski definition) is 1. The van der Waals surface area contributed by atoms with Crippen LogP contribution in [0, 0.1) is 0 Å². The Balaban J connectivity index is 1.82. The van der Waals surface area contributed by atoms with Gasteiger partial charge in [0.1, 0.15) is 0 Å². The molecule has 0 aliphatic heterocycles. The fraction of sp³-hybridized carbons (Fsp3) is 0.0500. The van der Waals surface area contributed by atoms with Gasteiger partial charge in [0.15, 0.2) is 0 Å². The minimum Gasteiger partial charge on any atom is -0.318 e. The third-order valence-electron chi connectivity index (χ3n) is 4.37. The largest absolute Gasteiger partial charge is 0.318 e. The van der Waals surface area contributed by atoms with E-state index >= 15 is 0 Å². The maximum Gasteiger partial charge on any atom is 0.262 e. The van der Waals surface area contributed by atoms with Gasteiger partial charge in [-0.05, 0) is 35.0 Å². The lowest BCUT2D eigenvalue weighted by Gasteiger charge is -2.11. The Morgan fingerprint density at radius 1 is 0.846 bits per heavy atom. The molecule has 0 saturated heterocycles. The summed E-state index contributed by atoms with van der Waals surface area (Å²) in [5.74, 6) is 0. The SMILES string of the molecule is Cn1ccc2ccc(NS(=O)(=O)c3cccc4ccccc34)cc2c1=O. The van der Waals surface area contributed by atoms with Gasteiger partial charge in [-0.15, -0.1) is 0 Å². The Kier molecular flexibility index (Phi) is 3.77. The van der Waals surface area contributed by atoms with E-state index < -0.39 is 10.0 Å². The molecule has 6 heteroatoms. The number of aromatic nitrogens is 1. The van der Waals surface area contributed by atoms with Crippen LogP contribution in [0.1, 0.15) is 0 Å². The van der Waals surface area contributed by atoms with Crippen molar-refractivity contribution < 1.29 is 8.42 Å². The van der Waals surface area contributed by atoms with Crippen LogP contribution in [0.5, 0.6) is 0 Å². The molecule has 1 N–H and O–H groups in total. The lowest BCUT2D eigenvalue weighted by Crippen LogP contribution is -2.17. The maximum atomic E-state index is 12.9. The minimum absolute atomic E-state index is 0.172. The zero-order valence-corrected chi connectivity index (χ0v) is 14.8. The lowest BCUT2D eigenvalue weighted by atomic mass is 10.1. The molecule has 0 spiro atoms. The molecule has 0 atom stereocenters. The van der Waals surface area contributed by atoms with E-state index in [-0.39, 0.29) is 10.5 Å². The highest BCUT2D eigenvalue weighted by molar-refractivity contribution is 7.93. The molecule has 0 amide bonds. The van der Waals surface area contributed by atoms with E-state index in [9.17, 15) is 13.2 Å². The molecule has 4 rings (SSSR count). The van der Waals surface area contributed by atoms with Crippen LogP contribution in [0.4, 0.5) is 5.69 Å². The molecule has 1 heterocycles. The first-order valence-electron chi connectivity index (χ1n) is 8.06. The predicted octanol–water partition coefficient (Wildman–Crippen LogP) is 3.49. The molecule has 0 saturated carbocycles. The number of nitrogens with zero attached hydrogens (tertiary/aromatic N) is 1. The average Bonchev–Trinajstić information content (AvgIpc) is 2.64. The van der Waals surface area contributed by atoms with Gasteiger partial charge in [0.05, 0.1) is 4.90 Å². The number of pyridine rings is 1. The second-order valence-corrected chi connectivity index (χ2v) is 7.77. The van der Waals surface area contributed by atoms with Gasteiger partial charge in [0, 0.05) is 29.7 Å². The fourth-order valence-corrected chi connectivity index (χ4v) is 4.32. The number of nitrogens with one attached hydrogen (secondary N) is 1. The van der Waals surface area contributed by atoms with Crippen molar-refractivity contribution in [2.45, 2.75) is 4.90 Å². The Bertz CT molecular complexity index is 1300. The number of sulfonamides is 1. The van der Waals surface area contributed by atoms with E-state index in [1.807, 2.05) is 24.3 Å². The van der Waals surface area contributed by atoms with E-state index in [1.54, 1.807) is 55.7 Å². The summed E-state index contributed by atoms with van der Waals surface area (Å²) in [6, 6.07) is 19.3. The molecule has 0 bridgehead atoms. The van der Waals surface area contributed by atoms with Crippen molar-refractivity contribution in [3.05, 3.63) is 83.3 Å². The standard InChI is InChI=1S/C20H16N2O3S/c1-22-12-11-15-9-10-16(13-18(15)20(22)23)21-26(24,25)19-8-4-6-14-5-2-3-7-17(14)19/h2-13,21H,1H3. The molecule has 26 heavy (non-hydrogen) atoms. The van der Waals surface area contributed by atoms with Crippen LogP contribution >= 0.6 is 0 Å². The number of fused-ring (bicyclic) bond motifs is 2. The number of rotatable bonds is 3. The van der Waals surface area contributed by atoms with Crippen molar-refractivity contribution in [1.82, 2.24) is 4.57 Å². The average molecular weight is 364 g/mol. The molecule has 5 nitrogen and oxygen atoms in total. The Labute approximate surface area is 150 Å². The topological polar surface area (TPSA) is 68.2 Å². The van der Waals surface area contributed by atoms with E-state index in [0.717, 1.165) is 10.8 Å². The summed E-state index contributed by atoms with van der Waals surface area (Å²) in [5.41, 5.74) is 0.183. The second-order valence-electron chi connectivity index (χ2n) is 6.12. The first-order chi connectivity index (χ1) is 12.5. The smallest absolute Gasteiger partial charge is 0.262 e. The summed E-state index contributed by atoms with van der Waals surface area (Å²) < 4.78 is 29.9. The highest BCUT2D eigenvalue weighted by Gasteiger charge is 2.17. The highest BCUT2D eigenvalue weighted by Crippen LogP contribution is 2.25. The Hall–Kier alpha value is -3.12. The van der Waals surface area contributed by atoms with Crippen molar-refractivity contribution in [1.29, 1.82) is 0 Å². The van der Waals surface area contributed by atoms with Gasteiger partial charge in [-0.25, -0.2) is 8.42 Å². The van der Waals surface area contributed by atoms with E-state index in [0.29, 0.717) is 16.5 Å². The van der Waals surface area contributed by atoms with Gasteiger partial charge >= 0.3 is 0 Å². The van der Waals surface area contributed by atoms with Crippen LogP contribution in [-0.4, -0.2) is 13.0 Å². The molecular formula is C20H16N2O3S. The third kappa shape index (κ3) is 2.74. The van der Waals surface area contributed by atoms with Gasteiger partial charge in [-0.2, -0.15) is 0 Å². The summed E-state index contributed by atoms with van der Waals surface area (Å²) in [5, 5.41) is 2.73. The summed E-state index contributed by atoms with van der Waals surface area (Å²) in [7, 11) is -2.13. The zero-order chi connectivity index (χ0) is 18.3. The molecule has 0 radical (unpaired) electrons. The highest BCUT2D eigenvalue weighted by atomic mass is 32.2. The quantitative estimate of drug-likeness (QED) is 0.605. The monoisotopic (exact) mass is 364 g/mol. The minimum atomic E-state index is -3.79. The molecule has 130 valence electrons. The molecule has 1 aromatic heterocycles. The zero-order valence-electron chi connectivity index (χ0n) is 14.0. The van der Waals surface area contributed by atoms with Gasteiger partial charge in [-0.1, -0.05) is 42.5 Å². The van der Waals surface area contributed by atoms with Gasteiger partial charge in [0.2, 0.25) is 0 Å². The number of aryl methyl sites for hydroxylation is 1. The van der Waals surface area contributed by atoms with Gasteiger partial charge in [-0.3, -0.25) is 9.52 Å². The van der Waals surface area contributed by atoms with Gasteiger partial charge < -0.3 is 4.57 Å². The maximum absolute atomic E-state index is 12.9. The molecule has 4 aromatic rings. The second kappa shape index (κ2) is 6.00. The molecular weight excluding hydrogens is 348 g/mol. The van der Waals surface area contributed by atoms with Crippen LogP contribution < -0.4 is 10.3 Å². The normalized spacial score (nSPS) is 11.7. The van der Waals surface area contributed by atoms with Crippen molar-refractivity contribution in [3.63, 3.8) is 0 Å². The number of benzene rings is 3. The van der Waals surface area contributed by atoms with Crippen LogP contribution in [-0.2, 0) is 17.1 Å². The number of anilines is 1. The van der Waals surface area contributed by atoms with Crippen molar-refractivity contribution in [2.24, 2.45) is 7.05 Å².